The summed E-state index contributed by atoms with van der Waals surface area (Å²) < 4.78 is 6.07. The van der Waals surface area contributed by atoms with Crippen LogP contribution in [0.5, 0.6) is 0 Å². The van der Waals surface area contributed by atoms with Crippen LogP contribution in [0.3, 0.4) is 0 Å². The Balaban J connectivity index is 1.99. The van der Waals surface area contributed by atoms with Gasteiger partial charge in [-0.15, -0.1) is 0 Å². The van der Waals surface area contributed by atoms with Gasteiger partial charge in [0.05, 0.1) is 6.10 Å². The number of carbonyl (C=O) groups is 1. The first-order valence-corrected chi connectivity index (χ1v) is 8.88. The molecule has 2 atom stereocenters. The number of carboxylic acid groups (broad SMARTS) is 1. The lowest BCUT2D eigenvalue weighted by molar-refractivity contribution is -0.131. The van der Waals surface area contributed by atoms with Gasteiger partial charge in [0.2, 0.25) is 0 Å². The van der Waals surface area contributed by atoms with Crippen LogP contribution in [0, 0.1) is 0 Å². The first-order valence-electron chi connectivity index (χ1n) is 8.88. The molecule has 1 aliphatic carbocycles. The van der Waals surface area contributed by atoms with Gasteiger partial charge in [0.25, 0.3) is 0 Å². The van der Waals surface area contributed by atoms with Gasteiger partial charge in [-0.25, -0.2) is 4.79 Å². The molecule has 0 saturated carbocycles. The Morgan fingerprint density at radius 3 is 2.64 bits per heavy atom. The van der Waals surface area contributed by atoms with Crippen molar-refractivity contribution in [3.63, 3.8) is 0 Å². The van der Waals surface area contributed by atoms with E-state index in [4.69, 9.17) is 9.84 Å². The molecule has 3 rings (SSSR count). The number of hydrogen-bond acceptors (Lipinski definition) is 2. The average molecular weight is 336 g/mol. The molecule has 0 amide bonds. The molecular weight excluding hydrogens is 312 g/mol. The minimum atomic E-state index is -0.928. The van der Waals surface area contributed by atoms with Gasteiger partial charge in [-0.3, -0.25) is 0 Å². The van der Waals surface area contributed by atoms with Crippen molar-refractivity contribution in [1.29, 1.82) is 0 Å². The highest BCUT2D eigenvalue weighted by molar-refractivity contribution is 5.85. The Morgan fingerprint density at radius 2 is 1.88 bits per heavy atom. The third kappa shape index (κ3) is 4.18. The Hall–Kier alpha value is -2.39. The van der Waals surface area contributed by atoms with E-state index >= 15 is 0 Å². The Morgan fingerprint density at radius 1 is 1.16 bits per heavy atom. The molecule has 2 unspecified atom stereocenters. The van der Waals surface area contributed by atoms with Crippen LogP contribution in [0.1, 0.15) is 47.9 Å². The van der Waals surface area contributed by atoms with Crippen molar-refractivity contribution >= 4 is 12.0 Å². The molecule has 1 N–H and O–H groups in total. The van der Waals surface area contributed by atoms with Gasteiger partial charge < -0.3 is 9.84 Å². The second kappa shape index (κ2) is 8.13. The highest BCUT2D eigenvalue weighted by atomic mass is 16.5. The molecule has 3 nitrogen and oxygen atoms in total. The molecule has 0 spiro atoms. The molecule has 2 aromatic rings. The fourth-order valence-corrected chi connectivity index (χ4v) is 3.63. The minimum Gasteiger partial charge on any atom is -0.478 e. The standard InChI is InChI=1S/C22H24O3/c1-2-13-25-18-14-17-8-4-6-10-20(17)21(15-18)19-9-5-3-7-16(19)11-12-22(23)24/h3-12,18,21H,2,13-15H2,1H3,(H,23,24)/b12-11+. The summed E-state index contributed by atoms with van der Waals surface area (Å²) in [6, 6.07) is 16.6. The summed E-state index contributed by atoms with van der Waals surface area (Å²) >= 11 is 0. The topological polar surface area (TPSA) is 46.5 Å². The number of carboxylic acids is 1. The number of fused-ring (bicyclic) bond motifs is 1. The zero-order valence-corrected chi connectivity index (χ0v) is 14.5. The summed E-state index contributed by atoms with van der Waals surface area (Å²) in [7, 11) is 0. The van der Waals surface area contributed by atoms with Crippen LogP contribution >= 0.6 is 0 Å². The fraction of sp³-hybridized carbons (Fsp3) is 0.318. The molecule has 0 aliphatic heterocycles. The quantitative estimate of drug-likeness (QED) is 0.781. The second-order valence-electron chi connectivity index (χ2n) is 6.48. The molecule has 3 heteroatoms. The van der Waals surface area contributed by atoms with Gasteiger partial charge in [-0.05, 0) is 47.6 Å². The fourth-order valence-electron chi connectivity index (χ4n) is 3.63. The molecule has 0 saturated heterocycles. The van der Waals surface area contributed by atoms with E-state index in [0.717, 1.165) is 37.0 Å². The maximum atomic E-state index is 10.9. The van der Waals surface area contributed by atoms with Crippen LogP contribution in [0.25, 0.3) is 6.08 Å². The van der Waals surface area contributed by atoms with E-state index in [1.165, 1.54) is 17.2 Å². The zero-order chi connectivity index (χ0) is 17.6. The summed E-state index contributed by atoms with van der Waals surface area (Å²) in [5.41, 5.74) is 4.78. The third-order valence-electron chi connectivity index (χ3n) is 4.71. The number of rotatable bonds is 6. The Kier molecular flexibility index (Phi) is 5.67. The highest BCUT2D eigenvalue weighted by Gasteiger charge is 2.29. The van der Waals surface area contributed by atoms with Crippen molar-refractivity contribution in [1.82, 2.24) is 0 Å². The molecule has 0 radical (unpaired) electrons. The van der Waals surface area contributed by atoms with Gasteiger partial charge in [0.15, 0.2) is 0 Å². The zero-order valence-electron chi connectivity index (χ0n) is 14.5. The SMILES string of the molecule is CCCOC1Cc2ccccc2C(c2ccccc2/C=C/C(=O)O)C1. The van der Waals surface area contributed by atoms with Crippen molar-refractivity contribution in [2.75, 3.05) is 6.61 Å². The van der Waals surface area contributed by atoms with Crippen LogP contribution in [0.4, 0.5) is 0 Å². The molecule has 0 aromatic heterocycles. The molecule has 25 heavy (non-hydrogen) atoms. The van der Waals surface area contributed by atoms with Gasteiger partial charge in [0, 0.05) is 18.6 Å². The summed E-state index contributed by atoms with van der Waals surface area (Å²) in [6.07, 6.45) is 5.99. The van der Waals surface area contributed by atoms with Gasteiger partial charge >= 0.3 is 5.97 Å². The van der Waals surface area contributed by atoms with E-state index in [9.17, 15) is 4.79 Å². The van der Waals surface area contributed by atoms with Crippen molar-refractivity contribution in [2.45, 2.75) is 38.2 Å². The summed E-state index contributed by atoms with van der Waals surface area (Å²) in [5.74, 6) is -0.704. The predicted octanol–water partition coefficient (Wildman–Crippen LogP) is 4.66. The molecule has 130 valence electrons. The molecule has 0 fully saturated rings. The summed E-state index contributed by atoms with van der Waals surface area (Å²) in [5, 5.41) is 8.97. The van der Waals surface area contributed by atoms with E-state index in [0.29, 0.717) is 0 Å². The first-order chi connectivity index (χ1) is 12.2. The summed E-state index contributed by atoms with van der Waals surface area (Å²) in [4.78, 5) is 10.9. The van der Waals surface area contributed by atoms with Crippen LogP contribution in [-0.4, -0.2) is 23.8 Å². The number of ether oxygens (including phenoxy) is 1. The van der Waals surface area contributed by atoms with Crippen molar-refractivity contribution in [3.8, 4) is 0 Å². The van der Waals surface area contributed by atoms with Crippen LogP contribution in [0.2, 0.25) is 0 Å². The van der Waals surface area contributed by atoms with Crippen LogP contribution < -0.4 is 0 Å². The van der Waals surface area contributed by atoms with Crippen molar-refractivity contribution in [2.24, 2.45) is 0 Å². The number of aliphatic carboxylic acids is 1. The summed E-state index contributed by atoms with van der Waals surface area (Å²) in [6.45, 7) is 2.90. The lowest BCUT2D eigenvalue weighted by atomic mass is 9.76. The second-order valence-corrected chi connectivity index (χ2v) is 6.48. The Bertz CT molecular complexity index is 763. The molecule has 0 bridgehead atoms. The predicted molar refractivity (Wildman–Crippen MR) is 99.7 cm³/mol. The smallest absolute Gasteiger partial charge is 0.328 e. The Labute approximate surface area is 149 Å². The lowest BCUT2D eigenvalue weighted by Crippen LogP contribution is -2.27. The van der Waals surface area contributed by atoms with Crippen molar-refractivity contribution < 1.29 is 14.6 Å². The third-order valence-corrected chi connectivity index (χ3v) is 4.71. The molecule has 0 heterocycles. The molecular formula is C22H24O3. The maximum absolute atomic E-state index is 10.9. The number of hydrogen-bond donors (Lipinski definition) is 1. The average Bonchev–Trinajstić information content (AvgIpc) is 2.64. The first kappa shape index (κ1) is 17.4. The lowest BCUT2D eigenvalue weighted by Gasteiger charge is -2.32. The van der Waals surface area contributed by atoms with Crippen LogP contribution in [0.15, 0.2) is 54.6 Å². The normalized spacial score (nSPS) is 19.7. The van der Waals surface area contributed by atoms with E-state index in [1.54, 1.807) is 6.08 Å². The molecule has 1 aliphatic rings. The van der Waals surface area contributed by atoms with E-state index in [-0.39, 0.29) is 12.0 Å². The van der Waals surface area contributed by atoms with E-state index in [1.807, 2.05) is 18.2 Å². The minimum absolute atomic E-state index is 0.205. The molecule has 2 aromatic carbocycles. The van der Waals surface area contributed by atoms with E-state index in [2.05, 4.69) is 37.3 Å². The highest BCUT2D eigenvalue weighted by Crippen LogP contribution is 2.39. The maximum Gasteiger partial charge on any atom is 0.328 e. The number of benzene rings is 2. The van der Waals surface area contributed by atoms with Crippen LogP contribution in [-0.2, 0) is 16.0 Å². The monoisotopic (exact) mass is 336 g/mol. The largest absolute Gasteiger partial charge is 0.478 e. The van der Waals surface area contributed by atoms with E-state index < -0.39 is 5.97 Å². The van der Waals surface area contributed by atoms with Gasteiger partial charge in [0.1, 0.15) is 0 Å². The van der Waals surface area contributed by atoms with Gasteiger partial charge in [-0.2, -0.15) is 0 Å². The van der Waals surface area contributed by atoms with Crippen molar-refractivity contribution in [3.05, 3.63) is 76.9 Å². The van der Waals surface area contributed by atoms with Gasteiger partial charge in [-0.1, -0.05) is 55.5 Å².